The Morgan fingerprint density at radius 2 is 1.77 bits per heavy atom. The van der Waals surface area contributed by atoms with Crippen LogP contribution in [-0.4, -0.2) is 21.3 Å². The molecule has 2 N–H and O–H groups in total. The molecule has 0 unspecified atom stereocenters. The maximum absolute atomic E-state index is 10.9. The zero-order valence-corrected chi connectivity index (χ0v) is 17.3. The first-order chi connectivity index (χ1) is 14.6. The summed E-state index contributed by atoms with van der Waals surface area (Å²) >= 11 is 6.01. The average molecular weight is 422 g/mol. The van der Waals surface area contributed by atoms with Crippen LogP contribution in [-0.2, 0) is 4.79 Å². The van der Waals surface area contributed by atoms with Gasteiger partial charge in [0.2, 0.25) is 0 Å². The summed E-state index contributed by atoms with van der Waals surface area (Å²) in [6.07, 6.45) is 4.39. The molecule has 1 aromatic heterocycles. The Morgan fingerprint density at radius 3 is 2.40 bits per heavy atom. The van der Waals surface area contributed by atoms with Gasteiger partial charge in [0.1, 0.15) is 0 Å². The van der Waals surface area contributed by atoms with Crippen LogP contribution < -0.4 is 5.32 Å². The average Bonchev–Trinajstić information content (AvgIpc) is 2.75. The van der Waals surface area contributed by atoms with Crippen LogP contribution in [0.1, 0.15) is 43.6 Å². The molecular weight excluding hydrogens is 398 g/mol. The highest BCUT2D eigenvalue weighted by atomic mass is 35.5. The van der Waals surface area contributed by atoms with E-state index < -0.39 is 5.97 Å². The van der Waals surface area contributed by atoms with Crippen LogP contribution >= 0.6 is 11.6 Å². The fourth-order valence-corrected chi connectivity index (χ4v) is 4.33. The summed E-state index contributed by atoms with van der Waals surface area (Å²) in [6.45, 7) is 0. The molecule has 3 aromatic rings. The molecule has 0 radical (unpaired) electrons. The minimum atomic E-state index is -0.683. The van der Waals surface area contributed by atoms with Gasteiger partial charge in [-0.3, -0.25) is 4.79 Å². The van der Waals surface area contributed by atoms with E-state index in [4.69, 9.17) is 16.7 Å². The number of benzene rings is 2. The van der Waals surface area contributed by atoms with Crippen LogP contribution in [0.3, 0.4) is 0 Å². The molecule has 1 saturated carbocycles. The molecule has 2 aromatic carbocycles. The number of rotatable bonds is 6. The maximum Gasteiger partial charge on any atom is 0.303 e. The molecule has 1 aliphatic rings. The normalized spacial score (nSPS) is 18.7. The van der Waals surface area contributed by atoms with Crippen LogP contribution in [0.25, 0.3) is 11.3 Å². The van der Waals surface area contributed by atoms with Crippen LogP contribution in [0.4, 0.5) is 11.5 Å². The maximum atomic E-state index is 10.9. The quantitative estimate of drug-likeness (QED) is 0.489. The summed E-state index contributed by atoms with van der Waals surface area (Å²) in [4.78, 5) is 10.9. The number of nitrogens with zero attached hydrogens (tertiary/aromatic N) is 2. The van der Waals surface area contributed by atoms with Crippen molar-refractivity contribution in [1.82, 2.24) is 10.2 Å². The van der Waals surface area contributed by atoms with Gasteiger partial charge in [-0.1, -0.05) is 41.9 Å². The molecule has 4 rings (SSSR count). The molecule has 0 atom stereocenters. The molecule has 1 heterocycles. The van der Waals surface area contributed by atoms with Crippen molar-refractivity contribution in [2.75, 3.05) is 5.32 Å². The van der Waals surface area contributed by atoms with E-state index in [1.54, 1.807) is 0 Å². The highest BCUT2D eigenvalue weighted by molar-refractivity contribution is 6.30. The predicted octanol–water partition coefficient (Wildman–Crippen LogP) is 6.29. The predicted molar refractivity (Wildman–Crippen MR) is 119 cm³/mol. The zero-order chi connectivity index (χ0) is 20.9. The van der Waals surface area contributed by atoms with E-state index in [-0.39, 0.29) is 0 Å². The van der Waals surface area contributed by atoms with Gasteiger partial charge in [-0.2, -0.15) is 0 Å². The first-order valence-electron chi connectivity index (χ1n) is 10.3. The van der Waals surface area contributed by atoms with Gasteiger partial charge in [0.15, 0.2) is 5.82 Å². The number of carboxylic acid groups (broad SMARTS) is 1. The van der Waals surface area contributed by atoms with Gasteiger partial charge in [0, 0.05) is 22.7 Å². The number of carbonyl (C=O) groups is 1. The summed E-state index contributed by atoms with van der Waals surface area (Å²) in [5, 5.41) is 21.4. The van der Waals surface area contributed by atoms with Crippen molar-refractivity contribution in [3.63, 3.8) is 0 Å². The molecule has 0 saturated heterocycles. The van der Waals surface area contributed by atoms with Crippen molar-refractivity contribution in [3.05, 3.63) is 71.2 Å². The fourth-order valence-electron chi connectivity index (χ4n) is 4.14. The van der Waals surface area contributed by atoms with E-state index in [0.29, 0.717) is 29.1 Å². The van der Waals surface area contributed by atoms with E-state index in [0.717, 1.165) is 42.6 Å². The van der Waals surface area contributed by atoms with Gasteiger partial charge in [0.25, 0.3) is 0 Å². The van der Waals surface area contributed by atoms with Crippen molar-refractivity contribution in [2.24, 2.45) is 5.92 Å². The second-order valence-electron chi connectivity index (χ2n) is 7.88. The van der Waals surface area contributed by atoms with Crippen molar-refractivity contribution in [3.8, 4) is 11.3 Å². The van der Waals surface area contributed by atoms with Crippen LogP contribution in [0, 0.1) is 5.92 Å². The monoisotopic (exact) mass is 421 g/mol. The Morgan fingerprint density at radius 1 is 1.00 bits per heavy atom. The fraction of sp³-hybridized carbons (Fsp3) is 0.292. The second-order valence-corrected chi connectivity index (χ2v) is 8.31. The Labute approximate surface area is 181 Å². The summed E-state index contributed by atoms with van der Waals surface area (Å²) in [5.74, 6) is 0.820. The van der Waals surface area contributed by atoms with E-state index in [9.17, 15) is 4.79 Å². The number of carboxylic acids is 1. The van der Waals surface area contributed by atoms with Gasteiger partial charge in [-0.15, -0.1) is 10.2 Å². The molecule has 1 fully saturated rings. The van der Waals surface area contributed by atoms with E-state index in [1.165, 1.54) is 5.56 Å². The molecule has 6 heteroatoms. The van der Waals surface area contributed by atoms with E-state index in [1.807, 2.05) is 36.4 Å². The summed E-state index contributed by atoms with van der Waals surface area (Å²) < 4.78 is 0. The smallest absolute Gasteiger partial charge is 0.303 e. The SMILES string of the molecule is O=C(O)C[C@H]1CC[C@H](c2ccc(-c3ccc(Nc4cccc(Cl)c4)nn3)cc2)CC1. The van der Waals surface area contributed by atoms with E-state index in [2.05, 4.69) is 39.8 Å². The van der Waals surface area contributed by atoms with Crippen LogP contribution in [0.5, 0.6) is 0 Å². The Bertz CT molecular complexity index is 998. The number of hydrogen-bond donors (Lipinski definition) is 2. The standard InChI is InChI=1S/C24H24ClN3O2/c25-20-2-1-3-21(15-20)26-23-13-12-22(27-28-23)19-10-8-18(9-11-19)17-6-4-16(5-7-17)14-24(29)30/h1-3,8-13,15-17H,4-7,14H2,(H,26,28)(H,29,30)/t16-,17-. The number of nitrogens with one attached hydrogen (secondary N) is 1. The molecule has 154 valence electrons. The lowest BCUT2D eigenvalue weighted by Gasteiger charge is -2.28. The second kappa shape index (κ2) is 9.26. The lowest BCUT2D eigenvalue weighted by molar-refractivity contribution is -0.138. The molecule has 0 amide bonds. The molecule has 1 aliphatic carbocycles. The van der Waals surface area contributed by atoms with Gasteiger partial charge in [0.05, 0.1) is 5.69 Å². The Hall–Kier alpha value is -2.92. The van der Waals surface area contributed by atoms with Crippen molar-refractivity contribution < 1.29 is 9.90 Å². The number of hydrogen-bond acceptors (Lipinski definition) is 4. The number of aromatic nitrogens is 2. The Balaban J connectivity index is 1.37. The van der Waals surface area contributed by atoms with E-state index >= 15 is 0 Å². The number of aliphatic carboxylic acids is 1. The van der Waals surface area contributed by atoms with Gasteiger partial charge in [-0.25, -0.2) is 0 Å². The first-order valence-corrected chi connectivity index (χ1v) is 10.6. The molecular formula is C24H24ClN3O2. The molecule has 0 bridgehead atoms. The van der Waals surface area contributed by atoms with Gasteiger partial charge < -0.3 is 10.4 Å². The Kier molecular flexibility index (Phi) is 6.29. The molecule has 30 heavy (non-hydrogen) atoms. The molecule has 5 nitrogen and oxygen atoms in total. The van der Waals surface area contributed by atoms with Crippen molar-refractivity contribution in [1.29, 1.82) is 0 Å². The van der Waals surface area contributed by atoms with Gasteiger partial charge >= 0.3 is 5.97 Å². The molecule has 0 aliphatic heterocycles. The first kappa shape index (κ1) is 20.4. The van der Waals surface area contributed by atoms with Crippen LogP contribution in [0.15, 0.2) is 60.7 Å². The summed E-state index contributed by atoms with van der Waals surface area (Å²) in [6, 6.07) is 19.8. The topological polar surface area (TPSA) is 75.1 Å². The highest BCUT2D eigenvalue weighted by Gasteiger charge is 2.23. The zero-order valence-electron chi connectivity index (χ0n) is 16.6. The molecule has 0 spiro atoms. The highest BCUT2D eigenvalue weighted by Crippen LogP contribution is 2.37. The third kappa shape index (κ3) is 5.16. The lowest BCUT2D eigenvalue weighted by atomic mass is 9.77. The largest absolute Gasteiger partial charge is 0.481 e. The minimum absolute atomic E-state index is 0.298. The lowest BCUT2D eigenvalue weighted by Crippen LogP contribution is -2.16. The number of anilines is 2. The number of halogens is 1. The van der Waals surface area contributed by atoms with Crippen LogP contribution in [0.2, 0.25) is 5.02 Å². The van der Waals surface area contributed by atoms with Crippen molar-refractivity contribution >= 4 is 29.1 Å². The third-order valence-corrected chi connectivity index (χ3v) is 5.98. The summed E-state index contributed by atoms with van der Waals surface area (Å²) in [7, 11) is 0. The third-order valence-electron chi connectivity index (χ3n) is 5.75. The minimum Gasteiger partial charge on any atom is -0.481 e. The van der Waals surface area contributed by atoms with Gasteiger partial charge in [-0.05, 0) is 73.4 Å². The van der Waals surface area contributed by atoms with Crippen molar-refractivity contribution in [2.45, 2.75) is 38.0 Å². The summed E-state index contributed by atoms with van der Waals surface area (Å²) in [5.41, 5.74) is 4.04.